The summed E-state index contributed by atoms with van der Waals surface area (Å²) in [6.45, 7) is -0.0426. The summed E-state index contributed by atoms with van der Waals surface area (Å²) in [7, 11) is -2.98. The van der Waals surface area contributed by atoms with E-state index in [0.717, 1.165) is 6.07 Å². The van der Waals surface area contributed by atoms with Crippen LogP contribution in [0.1, 0.15) is 12.0 Å². The summed E-state index contributed by atoms with van der Waals surface area (Å²) in [5, 5.41) is 13.3. The Morgan fingerprint density at radius 3 is 2.76 bits per heavy atom. The molecule has 1 aliphatic rings. The lowest BCUT2D eigenvalue weighted by molar-refractivity contribution is -0.149. The van der Waals surface area contributed by atoms with E-state index >= 15 is 0 Å². The number of carbonyl (C=O) groups is 2. The lowest BCUT2D eigenvalue weighted by atomic mass is 10.0. The Balaban J connectivity index is 1.76. The van der Waals surface area contributed by atoms with Gasteiger partial charge in [-0.25, -0.2) is 13.4 Å². The van der Waals surface area contributed by atoms with E-state index in [4.69, 9.17) is 16.4 Å². The van der Waals surface area contributed by atoms with Crippen LogP contribution in [0.4, 0.5) is 10.1 Å². The fourth-order valence-corrected chi connectivity index (χ4v) is 4.03. The van der Waals surface area contributed by atoms with E-state index in [1.165, 1.54) is 35.4 Å². The fraction of sp³-hybridized carbons (Fsp3) is 0.263. The number of hydrogen-bond acceptors (Lipinski definition) is 5. The van der Waals surface area contributed by atoms with Crippen molar-refractivity contribution in [2.45, 2.75) is 23.5 Å². The van der Waals surface area contributed by atoms with Gasteiger partial charge in [-0.15, -0.1) is 0 Å². The lowest BCUT2D eigenvalue weighted by Gasteiger charge is -2.22. The van der Waals surface area contributed by atoms with Crippen LogP contribution in [0.5, 0.6) is 0 Å². The van der Waals surface area contributed by atoms with Gasteiger partial charge in [0.15, 0.2) is 0 Å². The normalized spacial score (nSPS) is 21.1. The highest BCUT2D eigenvalue weighted by atomic mass is 35.5. The number of aliphatic hydroxyl groups is 1. The zero-order valence-corrected chi connectivity index (χ0v) is 17.0. The van der Waals surface area contributed by atoms with Crippen LogP contribution in [-0.4, -0.2) is 39.5 Å². The summed E-state index contributed by atoms with van der Waals surface area (Å²) < 4.78 is 33.0. The number of nitrogens with one attached hydrogen (secondary N) is 2. The second-order valence-corrected chi connectivity index (χ2v) is 9.46. The second kappa shape index (κ2) is 7.74. The predicted molar refractivity (Wildman–Crippen MR) is 107 cm³/mol. The van der Waals surface area contributed by atoms with Gasteiger partial charge >= 0.3 is 0 Å². The van der Waals surface area contributed by atoms with Crippen LogP contribution < -0.4 is 10.2 Å². The number of hydrogen-bond donors (Lipinski definition) is 3. The largest absolute Gasteiger partial charge is 0.372 e. The second-order valence-electron chi connectivity index (χ2n) is 6.87. The third kappa shape index (κ3) is 4.42. The molecule has 2 amide bonds. The van der Waals surface area contributed by atoms with Crippen molar-refractivity contribution in [3.8, 4) is 0 Å². The molecule has 1 saturated heterocycles. The Labute approximate surface area is 172 Å². The monoisotopic (exact) mass is 439 g/mol. The molecular weight excluding hydrogens is 421 g/mol. The smallest absolute Gasteiger partial charge is 0.268 e. The fourth-order valence-electron chi connectivity index (χ4n) is 3.10. The standard InChI is InChI=1S/C19H19ClFN3O4S/c1-29(22,28)16-4-2-3-15(10-16)24-6-5-19(27,18(24)26)17(25)23-11-12-7-13(20)9-14(21)8-12/h2-4,7-10,22,27H,5-6,11H2,1H3,(H,23,25)/t19-,29?/m0/s1. The van der Waals surface area contributed by atoms with Crippen LogP contribution in [0, 0.1) is 10.6 Å². The molecule has 1 heterocycles. The summed E-state index contributed by atoms with van der Waals surface area (Å²) >= 11 is 5.78. The molecule has 0 saturated carbocycles. The van der Waals surface area contributed by atoms with Crippen molar-refractivity contribution in [1.29, 1.82) is 4.78 Å². The molecule has 10 heteroatoms. The van der Waals surface area contributed by atoms with Crippen molar-refractivity contribution in [2.24, 2.45) is 0 Å². The van der Waals surface area contributed by atoms with Gasteiger partial charge in [-0.2, -0.15) is 0 Å². The molecule has 0 aromatic heterocycles. The minimum Gasteiger partial charge on any atom is -0.372 e. The summed E-state index contributed by atoms with van der Waals surface area (Å²) in [6.07, 6.45) is 1.12. The quantitative estimate of drug-likeness (QED) is 0.621. The van der Waals surface area contributed by atoms with E-state index in [1.54, 1.807) is 12.1 Å². The number of nitrogens with zero attached hydrogens (tertiary/aromatic N) is 1. The number of carbonyl (C=O) groups excluding carboxylic acids is 2. The van der Waals surface area contributed by atoms with Gasteiger partial charge < -0.3 is 15.3 Å². The average Bonchev–Trinajstić information content (AvgIpc) is 2.94. The van der Waals surface area contributed by atoms with Gasteiger partial charge in [0.2, 0.25) is 5.60 Å². The molecule has 0 bridgehead atoms. The van der Waals surface area contributed by atoms with E-state index in [2.05, 4.69) is 5.32 Å². The van der Waals surface area contributed by atoms with E-state index in [-0.39, 0.29) is 29.4 Å². The minimum absolute atomic E-state index is 0.0703. The number of anilines is 1. The van der Waals surface area contributed by atoms with Crippen LogP contribution >= 0.6 is 11.6 Å². The number of rotatable bonds is 5. The zero-order chi connectivity index (χ0) is 21.4. The Hall–Kier alpha value is -2.49. The highest BCUT2D eigenvalue weighted by Crippen LogP contribution is 2.30. The van der Waals surface area contributed by atoms with Crippen molar-refractivity contribution in [3.63, 3.8) is 0 Å². The maximum absolute atomic E-state index is 13.4. The van der Waals surface area contributed by atoms with Crippen molar-refractivity contribution in [1.82, 2.24) is 5.32 Å². The highest BCUT2D eigenvalue weighted by Gasteiger charge is 2.51. The molecule has 7 nitrogen and oxygen atoms in total. The minimum atomic E-state index is -2.98. The molecule has 0 radical (unpaired) electrons. The third-order valence-corrected chi connectivity index (χ3v) is 6.00. The van der Waals surface area contributed by atoms with Gasteiger partial charge in [0.25, 0.3) is 11.8 Å². The molecule has 3 rings (SSSR count). The molecule has 0 spiro atoms. The lowest BCUT2D eigenvalue weighted by Crippen LogP contribution is -2.52. The molecule has 1 aliphatic heterocycles. The molecule has 0 aliphatic carbocycles. The Bertz CT molecular complexity index is 1070. The molecule has 2 aromatic carbocycles. The number of benzene rings is 2. The molecule has 1 unspecified atom stereocenters. The van der Waals surface area contributed by atoms with Crippen molar-refractivity contribution >= 4 is 38.8 Å². The summed E-state index contributed by atoms with van der Waals surface area (Å²) in [5.74, 6) is -2.29. The van der Waals surface area contributed by atoms with Gasteiger partial charge in [0, 0.05) is 41.4 Å². The van der Waals surface area contributed by atoms with Gasteiger partial charge in [0.05, 0.1) is 9.73 Å². The average molecular weight is 440 g/mol. The molecule has 2 aromatic rings. The summed E-state index contributed by atoms with van der Waals surface area (Å²) in [4.78, 5) is 26.7. The third-order valence-electron chi connectivity index (χ3n) is 4.63. The van der Waals surface area contributed by atoms with Crippen LogP contribution in [0.3, 0.4) is 0 Å². The molecule has 2 atom stereocenters. The van der Waals surface area contributed by atoms with E-state index in [1.807, 2.05) is 0 Å². The summed E-state index contributed by atoms with van der Waals surface area (Å²) in [5.41, 5.74) is -1.55. The SMILES string of the molecule is CS(=N)(=O)c1cccc(N2CC[C@](O)(C(=O)NCc3cc(F)cc(Cl)c3)C2=O)c1. The maximum atomic E-state index is 13.4. The topological polar surface area (TPSA) is 111 Å². The Morgan fingerprint density at radius 1 is 1.38 bits per heavy atom. The molecule has 3 N–H and O–H groups in total. The van der Waals surface area contributed by atoms with Crippen LogP contribution in [0.2, 0.25) is 5.02 Å². The maximum Gasteiger partial charge on any atom is 0.268 e. The first-order valence-corrected chi connectivity index (χ1v) is 11.0. The predicted octanol–water partition coefficient (Wildman–Crippen LogP) is 2.30. The first-order chi connectivity index (χ1) is 13.5. The van der Waals surface area contributed by atoms with Gasteiger partial charge in [0.1, 0.15) is 5.82 Å². The zero-order valence-electron chi connectivity index (χ0n) is 15.4. The molecule has 29 heavy (non-hydrogen) atoms. The first kappa shape index (κ1) is 21.2. The molecule has 154 valence electrons. The summed E-state index contributed by atoms with van der Waals surface area (Å²) in [6, 6.07) is 9.86. The van der Waals surface area contributed by atoms with Gasteiger partial charge in [-0.3, -0.25) is 9.59 Å². The number of halogens is 2. The van der Waals surface area contributed by atoms with Crippen molar-refractivity contribution < 1.29 is 23.3 Å². The first-order valence-electron chi connectivity index (χ1n) is 8.62. The number of amides is 2. The van der Waals surface area contributed by atoms with E-state index < -0.39 is 33.0 Å². The van der Waals surface area contributed by atoms with Crippen LogP contribution in [-0.2, 0) is 25.9 Å². The van der Waals surface area contributed by atoms with E-state index in [0.29, 0.717) is 11.3 Å². The highest BCUT2D eigenvalue weighted by molar-refractivity contribution is 7.91. The van der Waals surface area contributed by atoms with Gasteiger partial charge in [-0.1, -0.05) is 17.7 Å². The Morgan fingerprint density at radius 2 is 2.10 bits per heavy atom. The van der Waals surface area contributed by atoms with Crippen LogP contribution in [0.15, 0.2) is 47.4 Å². The van der Waals surface area contributed by atoms with Crippen molar-refractivity contribution in [2.75, 3.05) is 17.7 Å². The molecule has 1 fully saturated rings. The Kier molecular flexibility index (Phi) is 5.66. The van der Waals surface area contributed by atoms with E-state index in [9.17, 15) is 23.3 Å². The van der Waals surface area contributed by atoms with Gasteiger partial charge in [-0.05, 0) is 42.0 Å². The molecular formula is C19H19ClFN3O4S. The van der Waals surface area contributed by atoms with Crippen LogP contribution in [0.25, 0.3) is 0 Å². The van der Waals surface area contributed by atoms with Crippen molar-refractivity contribution in [3.05, 3.63) is 58.9 Å².